The van der Waals surface area contributed by atoms with E-state index in [1.807, 2.05) is 6.92 Å². The maximum atomic E-state index is 11.5. The number of aliphatic carboxylic acids is 1. The van der Waals surface area contributed by atoms with Crippen molar-refractivity contribution < 1.29 is 50.0 Å². The van der Waals surface area contributed by atoms with E-state index < -0.39 is 60.4 Å². The summed E-state index contributed by atoms with van der Waals surface area (Å²) >= 11 is 5.98. The highest BCUT2D eigenvalue weighted by Crippen LogP contribution is 2.64. The zero-order valence-corrected chi connectivity index (χ0v) is 22.3. The van der Waals surface area contributed by atoms with Crippen LogP contribution >= 0.6 is 11.6 Å². The van der Waals surface area contributed by atoms with Gasteiger partial charge in [0.2, 0.25) is 0 Å². The van der Waals surface area contributed by atoms with Gasteiger partial charge in [0.15, 0.2) is 12.4 Å². The summed E-state index contributed by atoms with van der Waals surface area (Å²) in [7, 11) is 0. The van der Waals surface area contributed by atoms with E-state index in [0.717, 1.165) is 12.8 Å². The van der Waals surface area contributed by atoms with E-state index in [4.69, 9.17) is 21.1 Å². The van der Waals surface area contributed by atoms with Crippen molar-refractivity contribution in [3.05, 3.63) is 11.6 Å². The zero-order valence-electron chi connectivity index (χ0n) is 21.5. The van der Waals surface area contributed by atoms with Crippen molar-refractivity contribution in [3.63, 3.8) is 0 Å². The SMILES string of the molecule is CC1(C(O)CCl)CCC2C(=CCC3C2(C)CC(O)C(O)C3(C)COC2OC(C(=O)O)C(O)C(O)C2O)C1. The third-order valence-electron chi connectivity index (χ3n) is 10.1. The second-order valence-corrected chi connectivity index (χ2v) is 12.7. The van der Waals surface area contributed by atoms with E-state index in [2.05, 4.69) is 13.0 Å². The lowest BCUT2D eigenvalue weighted by Gasteiger charge is -2.62. The van der Waals surface area contributed by atoms with Crippen LogP contribution in [-0.2, 0) is 14.3 Å². The fourth-order valence-electron chi connectivity index (χ4n) is 7.71. The highest BCUT2D eigenvalue weighted by atomic mass is 35.5. The van der Waals surface area contributed by atoms with Gasteiger partial charge >= 0.3 is 5.97 Å². The topological polar surface area (TPSA) is 177 Å². The molecule has 3 fully saturated rings. The zero-order chi connectivity index (χ0) is 27.5. The molecule has 0 amide bonds. The highest BCUT2D eigenvalue weighted by Gasteiger charge is 2.62. The summed E-state index contributed by atoms with van der Waals surface area (Å²) in [6.07, 6.45) is -6.02. The number of allylic oxidation sites excluding steroid dienone is 2. The fraction of sp³-hybridized carbons (Fsp3) is 0.885. The predicted molar refractivity (Wildman–Crippen MR) is 131 cm³/mol. The standard InChI is InChI=1S/C26H41ClO10/c1-24(16(29)10-27)7-6-13-12(8-24)4-5-15-25(13,2)9-14(28)21(33)26(15,3)11-36-23-19(32)17(30)18(31)20(37-23)22(34)35/h4,13-21,23,28-33H,5-11H2,1-3H3,(H,34,35). The molecule has 212 valence electrons. The normalized spacial score (nSPS) is 51.0. The monoisotopic (exact) mass is 548 g/mol. The number of alkyl halides is 1. The molecule has 13 atom stereocenters. The molecular weight excluding hydrogens is 508 g/mol. The molecule has 7 N–H and O–H groups in total. The van der Waals surface area contributed by atoms with E-state index in [9.17, 15) is 40.5 Å². The Morgan fingerprint density at radius 2 is 1.84 bits per heavy atom. The summed E-state index contributed by atoms with van der Waals surface area (Å²) < 4.78 is 11.1. The van der Waals surface area contributed by atoms with Crippen LogP contribution in [0.15, 0.2) is 11.6 Å². The van der Waals surface area contributed by atoms with Gasteiger partial charge in [-0.25, -0.2) is 4.79 Å². The van der Waals surface area contributed by atoms with Gasteiger partial charge in [0.05, 0.1) is 24.9 Å². The van der Waals surface area contributed by atoms with E-state index >= 15 is 0 Å². The van der Waals surface area contributed by atoms with Crippen LogP contribution in [0.3, 0.4) is 0 Å². The van der Waals surface area contributed by atoms with Crippen molar-refractivity contribution >= 4 is 17.6 Å². The minimum absolute atomic E-state index is 0.124. The minimum atomic E-state index is -1.83. The molecule has 4 rings (SSSR count). The van der Waals surface area contributed by atoms with Gasteiger partial charge in [-0.05, 0) is 54.8 Å². The molecule has 0 aromatic rings. The molecule has 1 aliphatic heterocycles. The molecule has 4 aliphatic rings. The molecule has 1 heterocycles. The number of aliphatic hydroxyl groups excluding tert-OH is 6. The van der Waals surface area contributed by atoms with E-state index in [1.54, 1.807) is 6.92 Å². The number of aliphatic hydroxyl groups is 6. The maximum absolute atomic E-state index is 11.5. The Bertz CT molecular complexity index is 901. The van der Waals surface area contributed by atoms with Crippen LogP contribution in [0.1, 0.15) is 52.9 Å². The number of carboxylic acids is 1. The summed E-state index contributed by atoms with van der Waals surface area (Å²) in [6.45, 7) is 5.80. The number of carboxylic acid groups (broad SMARTS) is 1. The van der Waals surface area contributed by atoms with E-state index in [1.165, 1.54) is 5.57 Å². The quantitative estimate of drug-likeness (QED) is 0.181. The Balaban J connectivity index is 1.58. The molecule has 37 heavy (non-hydrogen) atoms. The van der Waals surface area contributed by atoms with Gasteiger partial charge in [-0.15, -0.1) is 11.6 Å². The first kappa shape index (κ1) is 29.2. The third-order valence-corrected chi connectivity index (χ3v) is 10.4. The first-order valence-electron chi connectivity index (χ1n) is 13.0. The van der Waals surface area contributed by atoms with Crippen LogP contribution in [0.25, 0.3) is 0 Å². The average Bonchev–Trinajstić information content (AvgIpc) is 2.84. The average molecular weight is 549 g/mol. The number of halogens is 1. The van der Waals surface area contributed by atoms with Crippen LogP contribution in [0.5, 0.6) is 0 Å². The van der Waals surface area contributed by atoms with E-state index in [0.29, 0.717) is 19.3 Å². The third kappa shape index (κ3) is 4.76. The van der Waals surface area contributed by atoms with Crippen molar-refractivity contribution in [2.75, 3.05) is 12.5 Å². The number of hydrogen-bond donors (Lipinski definition) is 7. The highest BCUT2D eigenvalue weighted by molar-refractivity contribution is 6.18. The molecule has 0 aromatic heterocycles. The molecule has 0 spiro atoms. The lowest BCUT2D eigenvalue weighted by molar-refractivity contribution is -0.309. The van der Waals surface area contributed by atoms with Crippen molar-refractivity contribution in [3.8, 4) is 0 Å². The van der Waals surface area contributed by atoms with Gasteiger partial charge in [-0.3, -0.25) is 0 Å². The Kier molecular flexibility index (Phi) is 8.12. The second kappa shape index (κ2) is 10.3. The lowest BCUT2D eigenvalue weighted by atomic mass is 9.44. The van der Waals surface area contributed by atoms with Crippen LogP contribution in [0.2, 0.25) is 0 Å². The number of rotatable bonds is 6. The van der Waals surface area contributed by atoms with Crippen LogP contribution in [0.4, 0.5) is 0 Å². The first-order chi connectivity index (χ1) is 17.2. The smallest absolute Gasteiger partial charge is 0.335 e. The van der Waals surface area contributed by atoms with Gasteiger partial charge in [0.1, 0.15) is 18.3 Å². The summed E-state index contributed by atoms with van der Waals surface area (Å²) in [5.74, 6) is -1.33. The van der Waals surface area contributed by atoms with Gasteiger partial charge in [0.25, 0.3) is 0 Å². The molecule has 0 radical (unpaired) electrons. The van der Waals surface area contributed by atoms with Crippen molar-refractivity contribution in [2.24, 2.45) is 28.1 Å². The van der Waals surface area contributed by atoms with Gasteiger partial charge in [-0.2, -0.15) is 0 Å². The van der Waals surface area contributed by atoms with E-state index in [-0.39, 0.29) is 35.2 Å². The molecule has 0 bridgehead atoms. The van der Waals surface area contributed by atoms with Crippen LogP contribution in [0, 0.1) is 28.1 Å². The molecule has 13 unspecified atom stereocenters. The summed E-state index contributed by atoms with van der Waals surface area (Å²) in [5, 5.41) is 72.5. The maximum Gasteiger partial charge on any atom is 0.335 e. The second-order valence-electron chi connectivity index (χ2n) is 12.4. The van der Waals surface area contributed by atoms with Gasteiger partial charge in [-0.1, -0.05) is 32.4 Å². The number of ether oxygens (including phenoxy) is 2. The summed E-state index contributed by atoms with van der Waals surface area (Å²) in [5.41, 5.74) is -0.476. The van der Waals surface area contributed by atoms with Crippen molar-refractivity contribution in [2.45, 2.75) is 102 Å². The van der Waals surface area contributed by atoms with Crippen LogP contribution in [-0.4, -0.2) is 103 Å². The summed E-state index contributed by atoms with van der Waals surface area (Å²) in [6, 6.07) is 0. The first-order valence-corrected chi connectivity index (χ1v) is 13.6. The molecule has 11 heteroatoms. The van der Waals surface area contributed by atoms with Crippen molar-refractivity contribution in [1.82, 2.24) is 0 Å². The number of hydrogen-bond acceptors (Lipinski definition) is 9. The fourth-order valence-corrected chi connectivity index (χ4v) is 8.08. The predicted octanol–water partition coefficient (Wildman–Crippen LogP) is 0.386. The largest absolute Gasteiger partial charge is 0.479 e. The molecule has 0 aromatic carbocycles. The number of fused-ring (bicyclic) bond motifs is 3. The van der Waals surface area contributed by atoms with Gasteiger partial charge in [0, 0.05) is 11.3 Å². The Morgan fingerprint density at radius 3 is 2.46 bits per heavy atom. The molecular formula is C26H41ClO10. The number of carbonyl (C=O) groups is 1. The van der Waals surface area contributed by atoms with Crippen LogP contribution < -0.4 is 0 Å². The summed E-state index contributed by atoms with van der Waals surface area (Å²) in [4.78, 5) is 11.5. The molecule has 2 saturated carbocycles. The Labute approximate surface area is 221 Å². The van der Waals surface area contributed by atoms with Crippen molar-refractivity contribution in [1.29, 1.82) is 0 Å². The molecule has 3 aliphatic carbocycles. The molecule has 10 nitrogen and oxygen atoms in total. The Morgan fingerprint density at radius 1 is 1.16 bits per heavy atom. The minimum Gasteiger partial charge on any atom is -0.479 e. The van der Waals surface area contributed by atoms with Gasteiger partial charge < -0.3 is 45.2 Å². The molecule has 1 saturated heterocycles. The lowest BCUT2D eigenvalue weighted by Crippen LogP contribution is -2.64. The Hall–Kier alpha value is -0.820.